The zero-order valence-electron chi connectivity index (χ0n) is 21.1. The van der Waals surface area contributed by atoms with E-state index >= 15 is 0 Å². The molecule has 5 atom stereocenters. The number of rotatable bonds is 10. The lowest BCUT2D eigenvalue weighted by molar-refractivity contribution is -0.218. The summed E-state index contributed by atoms with van der Waals surface area (Å²) in [5, 5.41) is 65.4. The van der Waals surface area contributed by atoms with Crippen LogP contribution in [0.2, 0.25) is 0 Å². The SMILES string of the molecule is C=CC(O)(Cc1c(C)cc(C)cc1C)[C@@H](O)[C@@](O)(Cc1c(C)cc(C)cc1C)[C@H](O)[C@@H](O)CO. The molecule has 0 heterocycles. The molecule has 6 N–H and O–H groups in total. The second-order valence-electron chi connectivity index (χ2n) is 9.89. The summed E-state index contributed by atoms with van der Waals surface area (Å²) < 4.78 is 0. The van der Waals surface area contributed by atoms with Gasteiger partial charge in [0.05, 0.1) is 6.61 Å². The Bertz CT molecular complexity index is 986. The van der Waals surface area contributed by atoms with Crippen LogP contribution in [0.15, 0.2) is 36.9 Å². The monoisotopic (exact) mass is 472 g/mol. The molecule has 0 aromatic heterocycles. The third-order valence-corrected chi connectivity index (χ3v) is 6.96. The van der Waals surface area contributed by atoms with Gasteiger partial charge in [0.15, 0.2) is 0 Å². The highest BCUT2D eigenvalue weighted by molar-refractivity contribution is 5.41. The third kappa shape index (κ3) is 5.60. The number of aliphatic hydroxyl groups is 6. The van der Waals surface area contributed by atoms with Gasteiger partial charge in [-0.2, -0.15) is 0 Å². The van der Waals surface area contributed by atoms with E-state index in [0.29, 0.717) is 5.56 Å². The van der Waals surface area contributed by atoms with Crippen molar-refractivity contribution in [2.24, 2.45) is 0 Å². The minimum absolute atomic E-state index is 0.0638. The van der Waals surface area contributed by atoms with Crippen molar-refractivity contribution < 1.29 is 30.6 Å². The van der Waals surface area contributed by atoms with Gasteiger partial charge < -0.3 is 30.6 Å². The Morgan fingerprint density at radius 2 is 1.15 bits per heavy atom. The predicted molar refractivity (Wildman–Crippen MR) is 134 cm³/mol. The van der Waals surface area contributed by atoms with Crippen LogP contribution < -0.4 is 0 Å². The highest BCUT2D eigenvalue weighted by atomic mass is 16.4. The first kappa shape index (κ1) is 28.2. The molecule has 0 saturated carbocycles. The second kappa shape index (κ2) is 10.7. The fraction of sp³-hybridized carbons (Fsp3) is 0.500. The summed E-state index contributed by atoms with van der Waals surface area (Å²) >= 11 is 0. The molecule has 0 aliphatic rings. The summed E-state index contributed by atoms with van der Waals surface area (Å²) in [6, 6.07) is 7.77. The number of hydrogen-bond donors (Lipinski definition) is 6. The molecule has 0 radical (unpaired) electrons. The van der Waals surface area contributed by atoms with Gasteiger partial charge in [-0.05, 0) is 74.9 Å². The van der Waals surface area contributed by atoms with Crippen LogP contribution in [0.5, 0.6) is 0 Å². The molecule has 2 aromatic carbocycles. The molecule has 1 unspecified atom stereocenters. The summed E-state index contributed by atoms with van der Waals surface area (Å²) in [5.74, 6) is 0. The lowest BCUT2D eigenvalue weighted by Crippen LogP contribution is -2.66. The van der Waals surface area contributed by atoms with Crippen LogP contribution in [0.25, 0.3) is 0 Å². The zero-order valence-corrected chi connectivity index (χ0v) is 21.1. The van der Waals surface area contributed by atoms with E-state index in [0.717, 1.165) is 45.0 Å². The van der Waals surface area contributed by atoms with Gasteiger partial charge in [-0.1, -0.05) is 41.5 Å². The molecule has 0 aliphatic carbocycles. The lowest BCUT2D eigenvalue weighted by Gasteiger charge is -2.45. The van der Waals surface area contributed by atoms with E-state index in [-0.39, 0.29) is 12.8 Å². The van der Waals surface area contributed by atoms with Gasteiger partial charge in [-0.25, -0.2) is 0 Å². The third-order valence-electron chi connectivity index (χ3n) is 6.96. The Morgan fingerprint density at radius 1 is 0.765 bits per heavy atom. The van der Waals surface area contributed by atoms with E-state index in [4.69, 9.17) is 0 Å². The van der Waals surface area contributed by atoms with Crippen LogP contribution in [0.4, 0.5) is 0 Å². The Kier molecular flexibility index (Phi) is 8.86. The average molecular weight is 473 g/mol. The lowest BCUT2D eigenvalue weighted by atomic mass is 9.71. The molecule has 2 aromatic rings. The van der Waals surface area contributed by atoms with E-state index in [1.54, 1.807) is 0 Å². The second-order valence-corrected chi connectivity index (χ2v) is 9.89. The van der Waals surface area contributed by atoms with Crippen molar-refractivity contribution in [3.05, 3.63) is 81.4 Å². The molecule has 188 valence electrons. The van der Waals surface area contributed by atoms with Crippen LogP contribution in [0.1, 0.15) is 44.5 Å². The van der Waals surface area contributed by atoms with Gasteiger partial charge in [-0.15, -0.1) is 6.58 Å². The molecule has 0 amide bonds. The summed E-state index contributed by atoms with van der Waals surface area (Å²) in [6.07, 6.45) is -4.78. The summed E-state index contributed by atoms with van der Waals surface area (Å²) in [5.41, 5.74) is 2.59. The number of aliphatic hydroxyl groups excluding tert-OH is 4. The average Bonchev–Trinajstić information content (AvgIpc) is 2.76. The Morgan fingerprint density at radius 3 is 1.50 bits per heavy atom. The maximum absolute atomic E-state index is 11.8. The van der Waals surface area contributed by atoms with E-state index < -0.39 is 36.1 Å². The molecule has 2 rings (SSSR count). The standard InChI is InChI=1S/C28H40O6/c1-8-27(33,13-22-18(4)9-16(2)10-19(22)5)26(32)28(34,25(31)24(30)15-29)14-23-20(6)11-17(3)12-21(23)7/h8-12,24-26,29-34H,1,13-15H2,2-7H3/t24-,25+,26+,27?,28+/m0/s1. The highest BCUT2D eigenvalue weighted by Crippen LogP contribution is 2.36. The van der Waals surface area contributed by atoms with Crippen molar-refractivity contribution in [1.82, 2.24) is 0 Å². The Labute approximate surface area is 202 Å². The normalized spacial score (nSPS) is 18.0. The minimum Gasteiger partial charge on any atom is -0.394 e. The van der Waals surface area contributed by atoms with Crippen molar-refractivity contribution in [1.29, 1.82) is 0 Å². The van der Waals surface area contributed by atoms with Crippen molar-refractivity contribution >= 4 is 0 Å². The molecule has 6 nitrogen and oxygen atoms in total. The number of hydrogen-bond acceptors (Lipinski definition) is 6. The molecular weight excluding hydrogens is 432 g/mol. The summed E-state index contributed by atoms with van der Waals surface area (Å²) in [7, 11) is 0. The fourth-order valence-electron chi connectivity index (χ4n) is 5.05. The van der Waals surface area contributed by atoms with Crippen molar-refractivity contribution in [3.63, 3.8) is 0 Å². The van der Waals surface area contributed by atoms with E-state index in [9.17, 15) is 30.6 Å². The van der Waals surface area contributed by atoms with Gasteiger partial charge in [0, 0.05) is 12.8 Å². The summed E-state index contributed by atoms with van der Waals surface area (Å²) in [6.45, 7) is 14.3. The largest absolute Gasteiger partial charge is 0.394 e. The maximum Gasteiger partial charge on any atom is 0.126 e. The van der Waals surface area contributed by atoms with Crippen LogP contribution in [0, 0.1) is 41.5 Å². The smallest absolute Gasteiger partial charge is 0.126 e. The first-order valence-electron chi connectivity index (χ1n) is 11.6. The molecule has 34 heavy (non-hydrogen) atoms. The maximum atomic E-state index is 11.8. The summed E-state index contributed by atoms with van der Waals surface area (Å²) in [4.78, 5) is 0. The van der Waals surface area contributed by atoms with Crippen molar-refractivity contribution in [3.8, 4) is 0 Å². The molecule has 0 spiro atoms. The van der Waals surface area contributed by atoms with E-state index in [1.807, 2.05) is 65.8 Å². The van der Waals surface area contributed by atoms with Crippen molar-refractivity contribution in [2.45, 2.75) is 83.9 Å². The number of benzene rings is 2. The van der Waals surface area contributed by atoms with Gasteiger partial charge in [0.2, 0.25) is 0 Å². The first-order chi connectivity index (χ1) is 15.7. The predicted octanol–water partition coefficient (Wildman–Crippen LogP) is 2.05. The van der Waals surface area contributed by atoms with E-state index in [1.165, 1.54) is 0 Å². The molecule has 0 aliphatic heterocycles. The van der Waals surface area contributed by atoms with Crippen LogP contribution in [0.3, 0.4) is 0 Å². The molecule has 0 saturated heterocycles. The molecule has 0 bridgehead atoms. The van der Waals surface area contributed by atoms with Gasteiger partial charge in [0.25, 0.3) is 0 Å². The molecular formula is C28H40O6. The fourth-order valence-corrected chi connectivity index (χ4v) is 5.05. The zero-order chi connectivity index (χ0) is 26.0. The van der Waals surface area contributed by atoms with Crippen LogP contribution in [-0.4, -0.2) is 66.8 Å². The van der Waals surface area contributed by atoms with E-state index in [2.05, 4.69) is 6.58 Å². The quantitative estimate of drug-likeness (QED) is 0.294. The Hall–Kier alpha value is -2.06. The number of aryl methyl sites for hydroxylation is 6. The van der Waals surface area contributed by atoms with Crippen LogP contribution in [-0.2, 0) is 12.8 Å². The highest BCUT2D eigenvalue weighted by Gasteiger charge is 2.53. The first-order valence-corrected chi connectivity index (χ1v) is 11.6. The Balaban J connectivity index is 2.62. The molecule has 0 fully saturated rings. The van der Waals surface area contributed by atoms with Crippen LogP contribution >= 0.6 is 0 Å². The van der Waals surface area contributed by atoms with Crippen molar-refractivity contribution in [2.75, 3.05) is 6.61 Å². The molecule has 6 heteroatoms. The van der Waals surface area contributed by atoms with Gasteiger partial charge >= 0.3 is 0 Å². The minimum atomic E-state index is -2.40. The van der Waals surface area contributed by atoms with Gasteiger partial charge in [-0.3, -0.25) is 0 Å². The topological polar surface area (TPSA) is 121 Å². The van der Waals surface area contributed by atoms with Gasteiger partial charge in [0.1, 0.15) is 29.5 Å².